The van der Waals surface area contributed by atoms with E-state index in [-0.39, 0.29) is 11.8 Å². The number of rotatable bonds is 5. The third kappa shape index (κ3) is 5.36. The third-order valence-corrected chi connectivity index (χ3v) is 2.53. The van der Waals surface area contributed by atoms with Crippen molar-refractivity contribution >= 4 is 23.4 Å². The zero-order valence-electron chi connectivity index (χ0n) is 9.63. The molecule has 0 saturated carbocycles. The van der Waals surface area contributed by atoms with Crippen LogP contribution in [0.25, 0.3) is 0 Å². The first-order chi connectivity index (χ1) is 8.09. The lowest BCUT2D eigenvalue weighted by Crippen LogP contribution is -2.36. The molecule has 1 aromatic rings. The number of amides is 2. The first-order valence-electron chi connectivity index (χ1n) is 5.34. The van der Waals surface area contributed by atoms with E-state index in [4.69, 9.17) is 11.6 Å². The van der Waals surface area contributed by atoms with Gasteiger partial charge in [0.2, 0.25) is 0 Å². The van der Waals surface area contributed by atoms with E-state index >= 15 is 0 Å². The fourth-order valence-electron chi connectivity index (χ4n) is 1.23. The Kier molecular flexibility index (Phi) is 5.49. The average Bonchev–Trinajstić information content (AvgIpc) is 2.27. The molecule has 1 rings (SSSR count). The molecule has 0 radical (unpaired) electrons. The van der Waals surface area contributed by atoms with Crippen LogP contribution in [0.15, 0.2) is 24.3 Å². The van der Waals surface area contributed by atoms with Crippen LogP contribution in [0.1, 0.15) is 18.9 Å². The summed E-state index contributed by atoms with van der Waals surface area (Å²) in [5.74, 6) is 0.0522. The van der Waals surface area contributed by atoms with Crippen molar-refractivity contribution in [1.29, 1.82) is 0 Å². The van der Waals surface area contributed by atoms with Crippen molar-refractivity contribution in [3.05, 3.63) is 34.9 Å². The SMILES string of the molecule is CC(=O)CCNC(=O)NCc1ccccc1Cl. The van der Waals surface area contributed by atoms with Crippen LogP contribution in [0.5, 0.6) is 0 Å². The van der Waals surface area contributed by atoms with Gasteiger partial charge in [-0.05, 0) is 18.6 Å². The van der Waals surface area contributed by atoms with Crippen LogP contribution < -0.4 is 10.6 Å². The van der Waals surface area contributed by atoms with Crippen molar-refractivity contribution in [3.63, 3.8) is 0 Å². The van der Waals surface area contributed by atoms with E-state index in [1.165, 1.54) is 6.92 Å². The Morgan fingerprint density at radius 1 is 1.24 bits per heavy atom. The minimum absolute atomic E-state index is 0.0522. The number of Topliss-reactive ketones (excluding diaryl/α,β-unsaturated/α-hetero) is 1. The molecule has 0 bridgehead atoms. The van der Waals surface area contributed by atoms with Crippen molar-refractivity contribution in [2.24, 2.45) is 0 Å². The van der Waals surface area contributed by atoms with Crippen LogP contribution in [0, 0.1) is 0 Å². The van der Waals surface area contributed by atoms with Gasteiger partial charge in [0.25, 0.3) is 0 Å². The highest BCUT2D eigenvalue weighted by Crippen LogP contribution is 2.13. The molecule has 0 aromatic heterocycles. The number of urea groups is 1. The Balaban J connectivity index is 2.29. The van der Waals surface area contributed by atoms with Crippen LogP contribution in [0.4, 0.5) is 4.79 Å². The lowest BCUT2D eigenvalue weighted by atomic mass is 10.2. The predicted octanol–water partition coefficient (Wildman–Crippen LogP) is 2.12. The zero-order chi connectivity index (χ0) is 12.7. The van der Waals surface area contributed by atoms with Gasteiger partial charge >= 0.3 is 6.03 Å². The minimum Gasteiger partial charge on any atom is -0.338 e. The summed E-state index contributed by atoms with van der Waals surface area (Å²) >= 11 is 5.94. The molecule has 2 N–H and O–H groups in total. The van der Waals surface area contributed by atoms with Gasteiger partial charge in [-0.1, -0.05) is 29.8 Å². The van der Waals surface area contributed by atoms with E-state index in [0.717, 1.165) is 5.56 Å². The van der Waals surface area contributed by atoms with Gasteiger partial charge in [0.05, 0.1) is 0 Å². The highest BCUT2D eigenvalue weighted by atomic mass is 35.5. The summed E-state index contributed by atoms with van der Waals surface area (Å²) in [6.45, 7) is 2.21. The van der Waals surface area contributed by atoms with Crippen LogP contribution in [0.3, 0.4) is 0 Å². The molecule has 0 aliphatic heterocycles. The van der Waals surface area contributed by atoms with Gasteiger partial charge in [-0.25, -0.2) is 4.79 Å². The lowest BCUT2D eigenvalue weighted by Gasteiger charge is -2.07. The van der Waals surface area contributed by atoms with Crippen molar-refractivity contribution in [2.45, 2.75) is 19.9 Å². The average molecular weight is 255 g/mol. The fraction of sp³-hybridized carbons (Fsp3) is 0.333. The molecule has 5 heteroatoms. The Hall–Kier alpha value is -1.55. The molecule has 4 nitrogen and oxygen atoms in total. The first-order valence-corrected chi connectivity index (χ1v) is 5.72. The number of benzene rings is 1. The maximum atomic E-state index is 11.3. The molecule has 0 heterocycles. The maximum absolute atomic E-state index is 11.3. The van der Waals surface area contributed by atoms with Crippen molar-refractivity contribution in [2.75, 3.05) is 6.54 Å². The molecule has 0 spiro atoms. The van der Waals surface area contributed by atoms with Gasteiger partial charge in [0, 0.05) is 24.5 Å². The number of nitrogens with one attached hydrogen (secondary N) is 2. The van der Waals surface area contributed by atoms with Crippen molar-refractivity contribution in [3.8, 4) is 0 Å². The molecule has 0 saturated heterocycles. The maximum Gasteiger partial charge on any atom is 0.315 e. The fourth-order valence-corrected chi connectivity index (χ4v) is 1.43. The Bertz CT molecular complexity index is 407. The van der Waals surface area contributed by atoms with Gasteiger partial charge in [-0.15, -0.1) is 0 Å². The highest BCUT2D eigenvalue weighted by molar-refractivity contribution is 6.31. The van der Waals surface area contributed by atoms with E-state index in [0.29, 0.717) is 24.5 Å². The summed E-state index contributed by atoms with van der Waals surface area (Å²) < 4.78 is 0. The minimum atomic E-state index is -0.300. The second-order valence-corrected chi connectivity index (χ2v) is 4.06. The third-order valence-electron chi connectivity index (χ3n) is 2.16. The van der Waals surface area contributed by atoms with Gasteiger partial charge < -0.3 is 10.6 Å². The molecular formula is C12H15ClN2O2. The second kappa shape index (κ2) is 6.91. The number of ketones is 1. The first kappa shape index (κ1) is 13.5. The summed E-state index contributed by atoms with van der Waals surface area (Å²) in [7, 11) is 0. The highest BCUT2D eigenvalue weighted by Gasteiger charge is 2.02. The number of halogens is 1. The van der Waals surface area contributed by atoms with Crippen LogP contribution in [-0.4, -0.2) is 18.4 Å². The molecule has 92 valence electrons. The van der Waals surface area contributed by atoms with Gasteiger partial charge in [-0.3, -0.25) is 4.79 Å². The lowest BCUT2D eigenvalue weighted by molar-refractivity contribution is -0.116. The Morgan fingerprint density at radius 3 is 2.59 bits per heavy atom. The molecule has 0 unspecified atom stereocenters. The predicted molar refractivity (Wildman–Crippen MR) is 67.0 cm³/mol. The Morgan fingerprint density at radius 2 is 1.94 bits per heavy atom. The molecule has 0 fully saturated rings. The molecule has 0 atom stereocenters. The molecule has 0 aliphatic carbocycles. The molecular weight excluding hydrogens is 240 g/mol. The summed E-state index contributed by atoms with van der Waals surface area (Å²) in [6, 6.07) is 7.01. The number of hydrogen-bond acceptors (Lipinski definition) is 2. The Labute approximate surface area is 105 Å². The van der Waals surface area contributed by atoms with Crippen LogP contribution in [0.2, 0.25) is 5.02 Å². The van der Waals surface area contributed by atoms with E-state index in [1.54, 1.807) is 6.07 Å². The molecule has 1 aromatic carbocycles. The van der Waals surface area contributed by atoms with E-state index in [1.807, 2.05) is 18.2 Å². The largest absolute Gasteiger partial charge is 0.338 e. The van der Waals surface area contributed by atoms with Gasteiger partial charge in [0.1, 0.15) is 5.78 Å². The molecule has 17 heavy (non-hydrogen) atoms. The summed E-state index contributed by atoms with van der Waals surface area (Å²) in [5, 5.41) is 5.88. The zero-order valence-corrected chi connectivity index (χ0v) is 10.4. The molecule has 0 aliphatic rings. The topological polar surface area (TPSA) is 58.2 Å². The molecule has 2 amide bonds. The summed E-state index contributed by atoms with van der Waals surface area (Å²) in [5.41, 5.74) is 0.857. The normalized spacial score (nSPS) is 9.76. The number of carbonyl (C=O) groups is 2. The standard InChI is InChI=1S/C12H15ClN2O2/c1-9(16)6-7-14-12(17)15-8-10-4-2-3-5-11(10)13/h2-5H,6-8H2,1H3,(H2,14,15,17). The summed E-state index contributed by atoms with van der Waals surface area (Å²) in [6.07, 6.45) is 0.347. The monoisotopic (exact) mass is 254 g/mol. The van der Waals surface area contributed by atoms with E-state index < -0.39 is 0 Å². The van der Waals surface area contributed by atoms with Crippen molar-refractivity contribution in [1.82, 2.24) is 10.6 Å². The number of carbonyl (C=O) groups excluding carboxylic acids is 2. The summed E-state index contributed by atoms with van der Waals surface area (Å²) in [4.78, 5) is 22.0. The number of hydrogen-bond donors (Lipinski definition) is 2. The van der Waals surface area contributed by atoms with Crippen molar-refractivity contribution < 1.29 is 9.59 Å². The van der Waals surface area contributed by atoms with Gasteiger partial charge in [0.15, 0.2) is 0 Å². The van der Waals surface area contributed by atoms with E-state index in [2.05, 4.69) is 10.6 Å². The second-order valence-electron chi connectivity index (χ2n) is 3.65. The van der Waals surface area contributed by atoms with E-state index in [9.17, 15) is 9.59 Å². The van der Waals surface area contributed by atoms with Crippen LogP contribution >= 0.6 is 11.6 Å². The quantitative estimate of drug-likeness (QED) is 0.846. The smallest absolute Gasteiger partial charge is 0.315 e. The van der Waals surface area contributed by atoms with Crippen LogP contribution in [-0.2, 0) is 11.3 Å². The van der Waals surface area contributed by atoms with Gasteiger partial charge in [-0.2, -0.15) is 0 Å².